The number of para-hydroxylation sites is 1. The predicted octanol–water partition coefficient (Wildman–Crippen LogP) is 4.78. The number of benzene rings is 3. The molecule has 0 atom stereocenters. The molecule has 3 aromatic carbocycles. The molecule has 0 aliphatic carbocycles. The molecule has 2 N–H and O–H groups in total. The van der Waals surface area contributed by atoms with Crippen LogP contribution in [0.5, 0.6) is 0 Å². The maximum absolute atomic E-state index is 12.6. The highest BCUT2D eigenvalue weighted by Crippen LogP contribution is 2.19. The zero-order valence-electron chi connectivity index (χ0n) is 16.8. The Morgan fingerprint density at radius 1 is 0.967 bits per heavy atom. The molecule has 0 saturated carbocycles. The molecule has 0 heterocycles. The van der Waals surface area contributed by atoms with Crippen LogP contribution in [0, 0.1) is 18.3 Å². The van der Waals surface area contributed by atoms with Crippen LogP contribution in [0.25, 0.3) is 0 Å². The molecular weight excluding hydrogens is 376 g/mol. The van der Waals surface area contributed by atoms with Gasteiger partial charge in [0.1, 0.15) is 0 Å². The van der Waals surface area contributed by atoms with E-state index in [-0.39, 0.29) is 11.9 Å². The minimum absolute atomic E-state index is 0.252. The molecule has 30 heavy (non-hydrogen) atoms. The van der Waals surface area contributed by atoms with Crippen LogP contribution in [0.3, 0.4) is 0 Å². The molecule has 6 heteroatoms. The first-order valence-electron chi connectivity index (χ1n) is 9.44. The van der Waals surface area contributed by atoms with Crippen molar-refractivity contribution in [1.82, 2.24) is 4.90 Å². The van der Waals surface area contributed by atoms with Gasteiger partial charge in [0.15, 0.2) is 0 Å². The number of hydrogen-bond donors (Lipinski definition) is 2. The summed E-state index contributed by atoms with van der Waals surface area (Å²) in [6, 6.07) is 23.3. The summed E-state index contributed by atoms with van der Waals surface area (Å²) >= 11 is 0. The lowest BCUT2D eigenvalue weighted by Crippen LogP contribution is -2.31. The lowest BCUT2D eigenvalue weighted by Gasteiger charge is -2.19. The largest absolute Gasteiger partial charge is 0.323 e. The van der Waals surface area contributed by atoms with Crippen molar-refractivity contribution >= 4 is 23.3 Å². The van der Waals surface area contributed by atoms with E-state index >= 15 is 0 Å². The van der Waals surface area contributed by atoms with Crippen molar-refractivity contribution < 1.29 is 9.59 Å². The van der Waals surface area contributed by atoms with Crippen LogP contribution in [0.1, 0.15) is 27.0 Å². The van der Waals surface area contributed by atoms with Crippen LogP contribution in [-0.2, 0) is 6.54 Å². The monoisotopic (exact) mass is 398 g/mol. The van der Waals surface area contributed by atoms with Gasteiger partial charge in [-0.15, -0.1) is 0 Å². The van der Waals surface area contributed by atoms with Crippen molar-refractivity contribution in [2.75, 3.05) is 17.7 Å². The number of anilines is 2. The number of carbonyl (C=O) groups is 2. The number of nitrogens with zero attached hydrogens (tertiary/aromatic N) is 2. The summed E-state index contributed by atoms with van der Waals surface area (Å²) < 4.78 is 0. The van der Waals surface area contributed by atoms with E-state index in [2.05, 4.69) is 16.7 Å². The molecule has 3 rings (SSSR count). The molecule has 0 bridgehead atoms. The van der Waals surface area contributed by atoms with E-state index in [1.165, 1.54) is 4.90 Å². The lowest BCUT2D eigenvalue weighted by molar-refractivity contribution is 0.102. The SMILES string of the molecule is Cc1ccc(C(=O)Nc2ccccc2)cc1NC(=O)N(C)Cc1cccc(C#N)c1. The van der Waals surface area contributed by atoms with Crippen molar-refractivity contribution in [3.05, 3.63) is 95.1 Å². The summed E-state index contributed by atoms with van der Waals surface area (Å²) in [6.45, 7) is 2.22. The first-order chi connectivity index (χ1) is 14.5. The summed E-state index contributed by atoms with van der Waals surface area (Å²) in [5, 5.41) is 14.7. The molecular formula is C24H22N4O2. The Bertz CT molecular complexity index is 1100. The Kier molecular flexibility index (Phi) is 6.46. The number of carbonyl (C=O) groups excluding carboxylic acids is 2. The minimum atomic E-state index is -0.305. The normalized spacial score (nSPS) is 10.0. The maximum atomic E-state index is 12.6. The highest BCUT2D eigenvalue weighted by molar-refractivity contribution is 6.05. The minimum Gasteiger partial charge on any atom is -0.323 e. The predicted molar refractivity (Wildman–Crippen MR) is 117 cm³/mol. The lowest BCUT2D eigenvalue weighted by atomic mass is 10.1. The number of rotatable bonds is 5. The molecule has 150 valence electrons. The third kappa shape index (κ3) is 5.24. The second-order valence-electron chi connectivity index (χ2n) is 6.95. The van der Waals surface area contributed by atoms with Crippen LogP contribution in [-0.4, -0.2) is 23.9 Å². The molecule has 0 spiro atoms. The fraction of sp³-hybridized carbons (Fsp3) is 0.125. The molecule has 0 radical (unpaired) electrons. The molecule has 0 aromatic heterocycles. The van der Waals surface area contributed by atoms with Crippen molar-refractivity contribution in [1.29, 1.82) is 5.26 Å². The Morgan fingerprint density at radius 2 is 1.73 bits per heavy atom. The smallest absolute Gasteiger partial charge is 0.321 e. The van der Waals surface area contributed by atoms with Gasteiger partial charge < -0.3 is 15.5 Å². The molecule has 3 amide bonds. The van der Waals surface area contributed by atoms with E-state index in [9.17, 15) is 9.59 Å². The van der Waals surface area contributed by atoms with Crippen LogP contribution in [0.4, 0.5) is 16.2 Å². The van der Waals surface area contributed by atoms with Gasteiger partial charge in [0.05, 0.1) is 11.6 Å². The van der Waals surface area contributed by atoms with Gasteiger partial charge in [0, 0.05) is 30.5 Å². The zero-order valence-corrected chi connectivity index (χ0v) is 16.8. The summed E-state index contributed by atoms with van der Waals surface area (Å²) in [6.07, 6.45) is 0. The standard InChI is InChI=1S/C24H22N4O2/c1-17-11-12-20(23(29)26-21-9-4-3-5-10-21)14-22(17)27-24(30)28(2)16-19-8-6-7-18(13-19)15-25/h3-14H,16H2,1-2H3,(H,26,29)(H,27,30). The summed E-state index contributed by atoms with van der Waals surface area (Å²) in [5.74, 6) is -0.252. The summed E-state index contributed by atoms with van der Waals surface area (Å²) in [7, 11) is 1.68. The zero-order chi connectivity index (χ0) is 21.5. The fourth-order valence-corrected chi connectivity index (χ4v) is 2.92. The van der Waals surface area contributed by atoms with Gasteiger partial charge in [-0.05, 0) is 54.4 Å². The Morgan fingerprint density at radius 3 is 2.47 bits per heavy atom. The van der Waals surface area contributed by atoms with Gasteiger partial charge in [-0.2, -0.15) is 5.26 Å². The van der Waals surface area contributed by atoms with E-state index in [1.54, 1.807) is 43.4 Å². The third-order valence-corrected chi connectivity index (χ3v) is 4.60. The number of nitriles is 1. The van der Waals surface area contributed by atoms with Gasteiger partial charge in [-0.3, -0.25) is 4.79 Å². The first-order valence-corrected chi connectivity index (χ1v) is 9.44. The molecule has 0 fully saturated rings. The van der Waals surface area contributed by atoms with Crippen molar-refractivity contribution in [2.24, 2.45) is 0 Å². The molecule has 0 aliphatic heterocycles. The molecule has 0 unspecified atom stereocenters. The average Bonchev–Trinajstić information content (AvgIpc) is 2.76. The number of nitrogens with one attached hydrogen (secondary N) is 2. The molecule has 3 aromatic rings. The summed E-state index contributed by atoms with van der Waals surface area (Å²) in [4.78, 5) is 26.7. The topological polar surface area (TPSA) is 85.2 Å². The number of amides is 3. The van der Waals surface area contributed by atoms with Crippen molar-refractivity contribution in [3.63, 3.8) is 0 Å². The quantitative estimate of drug-likeness (QED) is 0.648. The average molecular weight is 398 g/mol. The van der Waals surface area contributed by atoms with E-state index in [0.717, 1.165) is 11.1 Å². The fourth-order valence-electron chi connectivity index (χ4n) is 2.92. The van der Waals surface area contributed by atoms with E-state index in [0.29, 0.717) is 29.0 Å². The summed E-state index contributed by atoms with van der Waals surface area (Å²) in [5.41, 5.74) is 3.98. The second kappa shape index (κ2) is 9.39. The van der Waals surface area contributed by atoms with Crippen LogP contribution in [0.15, 0.2) is 72.8 Å². The number of urea groups is 1. The third-order valence-electron chi connectivity index (χ3n) is 4.60. The van der Waals surface area contributed by atoms with E-state index < -0.39 is 0 Å². The van der Waals surface area contributed by atoms with Crippen LogP contribution < -0.4 is 10.6 Å². The van der Waals surface area contributed by atoms with E-state index in [4.69, 9.17) is 5.26 Å². The highest BCUT2D eigenvalue weighted by atomic mass is 16.2. The number of hydrogen-bond acceptors (Lipinski definition) is 3. The second-order valence-corrected chi connectivity index (χ2v) is 6.95. The van der Waals surface area contributed by atoms with Crippen LogP contribution in [0.2, 0.25) is 0 Å². The van der Waals surface area contributed by atoms with Gasteiger partial charge in [0.25, 0.3) is 5.91 Å². The molecule has 6 nitrogen and oxygen atoms in total. The maximum Gasteiger partial charge on any atom is 0.321 e. The van der Waals surface area contributed by atoms with Gasteiger partial charge >= 0.3 is 6.03 Å². The van der Waals surface area contributed by atoms with Gasteiger partial charge in [-0.1, -0.05) is 36.4 Å². The Balaban J connectivity index is 1.69. The number of aryl methyl sites for hydroxylation is 1. The van der Waals surface area contributed by atoms with Crippen molar-refractivity contribution in [2.45, 2.75) is 13.5 Å². The Hall–Kier alpha value is -4.11. The van der Waals surface area contributed by atoms with Crippen LogP contribution >= 0.6 is 0 Å². The highest BCUT2D eigenvalue weighted by Gasteiger charge is 2.14. The Labute approximate surface area is 175 Å². The van der Waals surface area contributed by atoms with Crippen molar-refractivity contribution in [3.8, 4) is 6.07 Å². The molecule has 0 aliphatic rings. The van der Waals surface area contributed by atoms with E-state index in [1.807, 2.05) is 43.3 Å². The van der Waals surface area contributed by atoms with Gasteiger partial charge in [-0.25, -0.2) is 4.79 Å². The first kappa shape index (κ1) is 20.6. The molecule has 0 saturated heterocycles. The van der Waals surface area contributed by atoms with Gasteiger partial charge in [0.2, 0.25) is 0 Å².